The molecule has 1 fully saturated rings. The van der Waals surface area contributed by atoms with Crippen LogP contribution in [0.4, 0.5) is 0 Å². The lowest BCUT2D eigenvalue weighted by atomic mass is 10.2. The highest BCUT2D eigenvalue weighted by Crippen LogP contribution is 2.21. The van der Waals surface area contributed by atoms with Crippen molar-refractivity contribution in [2.45, 2.75) is 38.0 Å². The van der Waals surface area contributed by atoms with Crippen molar-refractivity contribution in [2.24, 2.45) is 14.1 Å². The molecule has 28 heavy (non-hydrogen) atoms. The van der Waals surface area contributed by atoms with Crippen molar-refractivity contribution in [2.75, 3.05) is 25.5 Å². The molecule has 0 atom stereocenters. The van der Waals surface area contributed by atoms with Gasteiger partial charge in [-0.1, -0.05) is 6.92 Å². The Hall–Kier alpha value is -2.00. The van der Waals surface area contributed by atoms with Crippen LogP contribution in [0.3, 0.4) is 0 Å². The fourth-order valence-corrected chi connectivity index (χ4v) is 4.68. The molecule has 0 spiro atoms. The lowest BCUT2D eigenvalue weighted by Gasteiger charge is -2.21. The molecule has 9 heteroatoms. The maximum Gasteiger partial charge on any atom is 0.332 e. The Morgan fingerprint density at radius 1 is 1.25 bits per heavy atom. The fourth-order valence-electron chi connectivity index (χ4n) is 3.60. The summed E-state index contributed by atoms with van der Waals surface area (Å²) in [6.45, 7) is 4.75. The number of nitrogens with zero attached hydrogens (tertiary/aromatic N) is 3. The molecule has 0 saturated carbocycles. The highest BCUT2D eigenvalue weighted by atomic mass is 32.2. The van der Waals surface area contributed by atoms with Crippen LogP contribution in [-0.2, 0) is 25.4 Å². The number of hydrogen-bond acceptors (Lipinski definition) is 5. The van der Waals surface area contributed by atoms with E-state index in [9.17, 15) is 14.4 Å². The van der Waals surface area contributed by atoms with Crippen LogP contribution in [-0.4, -0.2) is 50.4 Å². The summed E-state index contributed by atoms with van der Waals surface area (Å²) in [4.78, 5) is 37.6. The van der Waals surface area contributed by atoms with Crippen LogP contribution in [0.25, 0.3) is 11.0 Å². The van der Waals surface area contributed by atoms with Gasteiger partial charge in [0.15, 0.2) is 0 Å². The molecular weight excluding hydrogens is 380 g/mol. The van der Waals surface area contributed by atoms with Crippen molar-refractivity contribution in [3.05, 3.63) is 32.6 Å². The molecule has 8 nitrogen and oxygen atoms in total. The van der Waals surface area contributed by atoms with Crippen molar-refractivity contribution in [3.8, 4) is 0 Å². The zero-order chi connectivity index (χ0) is 20.3. The van der Waals surface area contributed by atoms with E-state index in [2.05, 4.69) is 5.32 Å². The molecule has 0 bridgehead atoms. The van der Waals surface area contributed by atoms with Crippen LogP contribution >= 0.6 is 11.8 Å². The van der Waals surface area contributed by atoms with Crippen LogP contribution in [0.2, 0.25) is 0 Å². The van der Waals surface area contributed by atoms with Gasteiger partial charge in [0.25, 0.3) is 11.5 Å². The van der Waals surface area contributed by atoms with Gasteiger partial charge in [-0.15, -0.1) is 0 Å². The van der Waals surface area contributed by atoms with E-state index in [4.69, 9.17) is 4.74 Å². The molecule has 0 aromatic carbocycles. The Labute approximate surface area is 167 Å². The second-order valence-corrected chi connectivity index (χ2v) is 8.47. The molecule has 154 valence electrons. The topological polar surface area (TPSA) is 87.3 Å². The number of ether oxygens (including phenoxy) is 1. The zero-order valence-corrected chi connectivity index (χ0v) is 17.5. The summed E-state index contributed by atoms with van der Waals surface area (Å²) < 4.78 is 9.65. The predicted molar refractivity (Wildman–Crippen MR) is 111 cm³/mol. The van der Waals surface area contributed by atoms with Gasteiger partial charge in [0.1, 0.15) is 11.3 Å². The number of fused-ring (bicyclic) bond motifs is 1. The second-order valence-electron chi connectivity index (χ2n) is 7.06. The van der Waals surface area contributed by atoms with Gasteiger partial charge in [0, 0.05) is 51.4 Å². The zero-order valence-electron chi connectivity index (χ0n) is 16.7. The Kier molecular flexibility index (Phi) is 6.66. The molecule has 1 saturated heterocycles. The summed E-state index contributed by atoms with van der Waals surface area (Å²) in [6, 6.07) is 1.60. The molecule has 2 aromatic rings. The van der Waals surface area contributed by atoms with Crippen LogP contribution in [0.5, 0.6) is 0 Å². The smallest absolute Gasteiger partial charge is 0.332 e. The number of aromatic nitrogens is 3. The highest BCUT2D eigenvalue weighted by molar-refractivity contribution is 7.99. The summed E-state index contributed by atoms with van der Waals surface area (Å²) >= 11 is 1.86. The van der Waals surface area contributed by atoms with Gasteiger partial charge >= 0.3 is 5.69 Å². The van der Waals surface area contributed by atoms with Crippen molar-refractivity contribution in [1.82, 2.24) is 19.0 Å². The first-order chi connectivity index (χ1) is 13.5. The second kappa shape index (κ2) is 9.00. The number of nitrogens with one attached hydrogen (secondary N) is 1. The summed E-state index contributed by atoms with van der Waals surface area (Å²) in [5.74, 6) is 0.622. The van der Waals surface area contributed by atoms with Crippen LogP contribution in [0.1, 0.15) is 36.7 Å². The van der Waals surface area contributed by atoms with Crippen LogP contribution < -0.4 is 16.6 Å². The maximum absolute atomic E-state index is 12.8. The standard InChI is InChI=1S/C19H28N4O4S/c1-4-8-23-15(12-14-17(23)21(2)19(26)22(3)18(14)25)16(24)20-7-11-28-13-5-9-27-10-6-13/h12-13H,4-11H2,1-3H3,(H,20,24). The summed E-state index contributed by atoms with van der Waals surface area (Å²) in [5.41, 5.74) is 0.146. The minimum absolute atomic E-state index is 0.216. The lowest BCUT2D eigenvalue weighted by Crippen LogP contribution is -2.37. The van der Waals surface area contributed by atoms with E-state index in [1.807, 2.05) is 18.7 Å². The number of hydrogen-bond donors (Lipinski definition) is 1. The van der Waals surface area contributed by atoms with Gasteiger partial charge in [0.05, 0.1) is 5.39 Å². The molecule has 1 aliphatic rings. The van der Waals surface area contributed by atoms with Crippen LogP contribution in [0, 0.1) is 0 Å². The first kappa shape index (κ1) is 20.7. The Morgan fingerprint density at radius 3 is 2.64 bits per heavy atom. The van der Waals surface area contributed by atoms with Gasteiger partial charge < -0.3 is 14.6 Å². The van der Waals surface area contributed by atoms with E-state index in [1.54, 1.807) is 17.7 Å². The third-order valence-electron chi connectivity index (χ3n) is 5.08. The van der Waals surface area contributed by atoms with E-state index in [0.717, 1.165) is 42.8 Å². The van der Waals surface area contributed by atoms with Gasteiger partial charge in [0.2, 0.25) is 0 Å². The largest absolute Gasteiger partial charge is 0.381 e. The highest BCUT2D eigenvalue weighted by Gasteiger charge is 2.21. The number of aryl methyl sites for hydroxylation is 2. The van der Waals surface area contributed by atoms with Crippen molar-refractivity contribution in [3.63, 3.8) is 0 Å². The van der Waals surface area contributed by atoms with E-state index in [-0.39, 0.29) is 11.5 Å². The molecular formula is C19H28N4O4S. The Morgan fingerprint density at radius 2 is 1.96 bits per heavy atom. The van der Waals surface area contributed by atoms with E-state index < -0.39 is 5.69 Å². The van der Waals surface area contributed by atoms with Crippen LogP contribution in [0.15, 0.2) is 15.7 Å². The van der Waals surface area contributed by atoms with Gasteiger partial charge in [-0.3, -0.25) is 18.7 Å². The Bertz CT molecular complexity index is 969. The average Bonchev–Trinajstić information content (AvgIpc) is 3.08. The average molecular weight is 409 g/mol. The molecule has 0 aliphatic carbocycles. The third-order valence-corrected chi connectivity index (χ3v) is 6.47. The monoisotopic (exact) mass is 408 g/mol. The molecule has 1 N–H and O–H groups in total. The quantitative estimate of drug-likeness (QED) is 0.693. The van der Waals surface area contributed by atoms with E-state index >= 15 is 0 Å². The number of amides is 1. The predicted octanol–water partition coefficient (Wildman–Crippen LogP) is 1.09. The summed E-state index contributed by atoms with van der Waals surface area (Å²) in [5, 5.41) is 3.94. The summed E-state index contributed by atoms with van der Waals surface area (Å²) in [6.07, 6.45) is 2.90. The first-order valence-electron chi connectivity index (χ1n) is 9.72. The maximum atomic E-state index is 12.8. The van der Waals surface area contributed by atoms with Crippen molar-refractivity contribution < 1.29 is 9.53 Å². The number of thioether (sulfide) groups is 1. The molecule has 0 unspecified atom stereocenters. The van der Waals surface area contributed by atoms with Crippen molar-refractivity contribution in [1.29, 1.82) is 0 Å². The fraction of sp³-hybridized carbons (Fsp3) is 0.632. The third kappa shape index (κ3) is 4.05. The molecule has 3 heterocycles. The number of carbonyl (C=O) groups is 1. The molecule has 3 rings (SSSR count). The molecule has 2 aromatic heterocycles. The molecule has 0 radical (unpaired) electrons. The SMILES string of the molecule is CCCn1c(C(=O)NCCSC2CCOCC2)cc2c(=O)n(C)c(=O)n(C)c21. The van der Waals surface area contributed by atoms with Crippen molar-refractivity contribution >= 4 is 28.7 Å². The first-order valence-corrected chi connectivity index (χ1v) is 10.8. The number of carbonyl (C=O) groups excluding carboxylic acids is 1. The number of rotatable bonds is 7. The lowest BCUT2D eigenvalue weighted by molar-refractivity contribution is 0.0946. The molecule has 1 amide bonds. The van der Waals surface area contributed by atoms with Gasteiger partial charge in [-0.25, -0.2) is 4.79 Å². The van der Waals surface area contributed by atoms with Gasteiger partial charge in [-0.2, -0.15) is 11.8 Å². The molecule has 1 aliphatic heterocycles. The Balaban J connectivity index is 1.79. The minimum Gasteiger partial charge on any atom is -0.381 e. The normalized spacial score (nSPS) is 15.2. The summed E-state index contributed by atoms with van der Waals surface area (Å²) in [7, 11) is 3.08. The van der Waals surface area contributed by atoms with E-state index in [1.165, 1.54) is 11.6 Å². The van der Waals surface area contributed by atoms with Gasteiger partial charge in [-0.05, 0) is 25.3 Å². The van der Waals surface area contributed by atoms with E-state index in [0.29, 0.717) is 35.1 Å². The minimum atomic E-state index is -0.396.